The van der Waals surface area contributed by atoms with Gasteiger partial charge in [0, 0.05) is 26.4 Å². The number of carbonyl (C=O) groups is 2. The van der Waals surface area contributed by atoms with Gasteiger partial charge in [-0.05, 0) is 24.1 Å². The van der Waals surface area contributed by atoms with Crippen LogP contribution in [0.25, 0.3) is 0 Å². The van der Waals surface area contributed by atoms with Gasteiger partial charge in [0.25, 0.3) is 5.56 Å². The predicted octanol–water partition coefficient (Wildman–Crippen LogP) is 1.27. The van der Waals surface area contributed by atoms with Crippen molar-refractivity contribution in [2.75, 3.05) is 6.54 Å². The normalized spacial score (nSPS) is 13.4. The first-order chi connectivity index (χ1) is 12.4. The minimum absolute atomic E-state index is 0.0194. The van der Waals surface area contributed by atoms with Crippen LogP contribution in [-0.4, -0.2) is 37.8 Å². The van der Waals surface area contributed by atoms with E-state index in [-0.39, 0.29) is 42.8 Å². The average molecular weight is 359 g/mol. The van der Waals surface area contributed by atoms with Crippen LogP contribution in [0.2, 0.25) is 0 Å². The number of rotatable bonds is 4. The highest BCUT2D eigenvalue weighted by molar-refractivity contribution is 5.96. The number of hydrogen-bond acceptors (Lipinski definition) is 5. The van der Waals surface area contributed by atoms with E-state index in [2.05, 4.69) is 4.98 Å². The summed E-state index contributed by atoms with van der Waals surface area (Å²) >= 11 is 0. The summed E-state index contributed by atoms with van der Waals surface area (Å²) in [5, 5.41) is 10.1. The molecule has 0 fully saturated rings. The summed E-state index contributed by atoms with van der Waals surface area (Å²) in [6.45, 7) is 2.10. The third-order valence-electron chi connectivity index (χ3n) is 4.41. The van der Waals surface area contributed by atoms with Crippen molar-refractivity contribution in [3.63, 3.8) is 0 Å². The molecule has 0 saturated heterocycles. The van der Waals surface area contributed by atoms with Gasteiger partial charge in [-0.2, -0.15) is 0 Å². The number of Topliss-reactive ketones (excluding diaryl/α,β-unsaturated/α-hetero) is 1. The van der Waals surface area contributed by atoms with Crippen LogP contribution >= 0.6 is 0 Å². The Morgan fingerprint density at radius 2 is 1.92 bits per heavy atom. The third-order valence-corrected chi connectivity index (χ3v) is 4.41. The van der Waals surface area contributed by atoms with Gasteiger partial charge < -0.3 is 10.0 Å². The molecule has 26 heavy (non-hydrogen) atoms. The molecule has 8 heteroatoms. The van der Waals surface area contributed by atoms with E-state index in [9.17, 15) is 23.9 Å². The molecule has 0 aliphatic carbocycles. The maximum Gasteiger partial charge on any atom is 0.296 e. The molecular formula is C18H18FN3O4. The summed E-state index contributed by atoms with van der Waals surface area (Å²) in [5.41, 5.74) is -0.200. The van der Waals surface area contributed by atoms with Gasteiger partial charge in [0.05, 0.1) is 6.54 Å². The summed E-state index contributed by atoms with van der Waals surface area (Å²) in [4.78, 5) is 41.9. The summed E-state index contributed by atoms with van der Waals surface area (Å²) in [7, 11) is 0. The van der Waals surface area contributed by atoms with Gasteiger partial charge in [0.1, 0.15) is 11.6 Å². The Morgan fingerprint density at radius 3 is 2.58 bits per heavy atom. The molecule has 0 unspecified atom stereocenters. The highest BCUT2D eigenvalue weighted by atomic mass is 19.1. The standard InChI is InChI=1S/C18H18FN3O4/c1-11(23)21-8-9-22-15(10-21)20-16(17(25)18(22)26)14(24)7-4-12-2-5-13(19)6-3-12/h2-3,5-6,25H,4,7-10H2,1H3. The van der Waals surface area contributed by atoms with Crippen LogP contribution in [0.15, 0.2) is 29.1 Å². The zero-order valence-electron chi connectivity index (χ0n) is 14.2. The molecule has 3 rings (SSSR count). The van der Waals surface area contributed by atoms with E-state index in [0.29, 0.717) is 13.0 Å². The summed E-state index contributed by atoms with van der Waals surface area (Å²) in [5.74, 6) is -1.39. The third kappa shape index (κ3) is 3.49. The van der Waals surface area contributed by atoms with Gasteiger partial charge >= 0.3 is 0 Å². The maximum absolute atomic E-state index is 12.9. The van der Waals surface area contributed by atoms with Gasteiger partial charge in [-0.1, -0.05) is 12.1 Å². The Hall–Kier alpha value is -3.03. The van der Waals surface area contributed by atoms with E-state index in [4.69, 9.17) is 0 Å². The average Bonchev–Trinajstić information content (AvgIpc) is 2.63. The number of fused-ring (bicyclic) bond motifs is 1. The lowest BCUT2D eigenvalue weighted by molar-refractivity contribution is -0.130. The van der Waals surface area contributed by atoms with Gasteiger partial charge in [0.15, 0.2) is 11.5 Å². The summed E-state index contributed by atoms with van der Waals surface area (Å²) in [6, 6.07) is 5.75. The van der Waals surface area contributed by atoms with Crippen LogP contribution in [0.3, 0.4) is 0 Å². The number of nitrogens with zero attached hydrogens (tertiary/aromatic N) is 3. The molecule has 1 aromatic carbocycles. The molecular weight excluding hydrogens is 341 g/mol. The van der Waals surface area contributed by atoms with E-state index >= 15 is 0 Å². The van der Waals surface area contributed by atoms with Crippen molar-refractivity contribution in [3.8, 4) is 5.75 Å². The zero-order valence-corrected chi connectivity index (χ0v) is 14.2. The molecule has 0 saturated carbocycles. The Labute approximate surface area is 148 Å². The number of amides is 1. The molecule has 1 amide bonds. The first-order valence-corrected chi connectivity index (χ1v) is 8.22. The fraction of sp³-hybridized carbons (Fsp3) is 0.333. The Balaban J connectivity index is 1.83. The quantitative estimate of drug-likeness (QED) is 0.830. The second kappa shape index (κ2) is 7.07. The smallest absolute Gasteiger partial charge is 0.296 e. The van der Waals surface area contributed by atoms with Gasteiger partial charge in [-0.15, -0.1) is 0 Å². The summed E-state index contributed by atoms with van der Waals surface area (Å²) in [6.07, 6.45) is 0.351. The molecule has 7 nitrogen and oxygen atoms in total. The van der Waals surface area contributed by atoms with Gasteiger partial charge in [0.2, 0.25) is 11.7 Å². The fourth-order valence-corrected chi connectivity index (χ4v) is 2.90. The molecule has 0 atom stereocenters. The minimum Gasteiger partial charge on any atom is -0.501 e. The van der Waals surface area contributed by atoms with Crippen LogP contribution in [0.4, 0.5) is 4.39 Å². The second-order valence-corrected chi connectivity index (χ2v) is 6.17. The van der Waals surface area contributed by atoms with E-state index in [1.54, 1.807) is 12.1 Å². The molecule has 0 radical (unpaired) electrons. The van der Waals surface area contributed by atoms with E-state index in [1.807, 2.05) is 0 Å². The topological polar surface area (TPSA) is 92.5 Å². The number of halogens is 1. The zero-order chi connectivity index (χ0) is 18.8. The first-order valence-electron chi connectivity index (χ1n) is 8.22. The molecule has 1 N–H and O–H groups in total. The van der Waals surface area contributed by atoms with E-state index in [0.717, 1.165) is 5.56 Å². The molecule has 1 aliphatic heterocycles. The molecule has 136 valence electrons. The molecule has 1 aliphatic rings. The lowest BCUT2D eigenvalue weighted by Crippen LogP contribution is -2.42. The number of ketones is 1. The number of carbonyl (C=O) groups excluding carboxylic acids is 2. The summed E-state index contributed by atoms with van der Waals surface area (Å²) < 4.78 is 14.2. The lowest BCUT2D eigenvalue weighted by atomic mass is 10.1. The van der Waals surface area contributed by atoms with Gasteiger partial charge in [-0.25, -0.2) is 9.37 Å². The first kappa shape index (κ1) is 17.8. The van der Waals surface area contributed by atoms with Crippen molar-refractivity contribution < 1.29 is 19.1 Å². The van der Waals surface area contributed by atoms with E-state index < -0.39 is 17.1 Å². The van der Waals surface area contributed by atoms with Crippen molar-refractivity contribution in [2.24, 2.45) is 0 Å². The van der Waals surface area contributed by atoms with Crippen molar-refractivity contribution in [1.82, 2.24) is 14.5 Å². The predicted molar refractivity (Wildman–Crippen MR) is 90.3 cm³/mol. The van der Waals surface area contributed by atoms with Crippen molar-refractivity contribution in [3.05, 3.63) is 57.5 Å². The Morgan fingerprint density at radius 1 is 1.23 bits per heavy atom. The van der Waals surface area contributed by atoms with Crippen molar-refractivity contribution in [1.29, 1.82) is 0 Å². The van der Waals surface area contributed by atoms with Crippen LogP contribution in [-0.2, 0) is 24.3 Å². The number of hydrogen-bond donors (Lipinski definition) is 1. The fourth-order valence-electron chi connectivity index (χ4n) is 2.90. The highest BCUT2D eigenvalue weighted by Crippen LogP contribution is 2.17. The SMILES string of the molecule is CC(=O)N1CCn2c(nc(C(=O)CCc3ccc(F)cc3)c(O)c2=O)C1. The van der Waals surface area contributed by atoms with Crippen molar-refractivity contribution >= 4 is 11.7 Å². The number of aryl methyl sites for hydroxylation is 1. The number of aromatic hydroxyl groups is 1. The van der Waals surface area contributed by atoms with Crippen LogP contribution in [0, 0.1) is 5.82 Å². The monoisotopic (exact) mass is 359 g/mol. The van der Waals surface area contributed by atoms with Gasteiger partial charge in [-0.3, -0.25) is 19.0 Å². The largest absolute Gasteiger partial charge is 0.501 e. The lowest BCUT2D eigenvalue weighted by Gasteiger charge is -2.28. The van der Waals surface area contributed by atoms with Crippen LogP contribution < -0.4 is 5.56 Å². The van der Waals surface area contributed by atoms with Crippen LogP contribution in [0.1, 0.15) is 35.2 Å². The molecule has 2 heterocycles. The highest BCUT2D eigenvalue weighted by Gasteiger charge is 2.26. The molecule has 0 bridgehead atoms. The number of benzene rings is 1. The molecule has 0 spiro atoms. The van der Waals surface area contributed by atoms with E-state index in [1.165, 1.54) is 28.5 Å². The number of aromatic nitrogens is 2. The second-order valence-electron chi connectivity index (χ2n) is 6.17. The molecule has 2 aromatic rings. The van der Waals surface area contributed by atoms with Crippen LogP contribution in [0.5, 0.6) is 5.75 Å². The van der Waals surface area contributed by atoms with Crippen molar-refractivity contribution in [2.45, 2.75) is 32.9 Å². The maximum atomic E-state index is 12.9. The Bertz CT molecular complexity index is 921. The Kier molecular flexibility index (Phi) is 4.83. The molecule has 1 aromatic heterocycles. The minimum atomic E-state index is -0.677.